The van der Waals surface area contributed by atoms with E-state index in [1.807, 2.05) is 0 Å². The number of hydrogen-bond donors (Lipinski definition) is 1. The van der Waals surface area contributed by atoms with Gasteiger partial charge in [0.05, 0.1) is 25.0 Å². The van der Waals surface area contributed by atoms with E-state index >= 15 is 0 Å². The molecule has 0 fully saturated rings. The van der Waals surface area contributed by atoms with E-state index in [4.69, 9.17) is 14.0 Å². The Bertz CT molecular complexity index is 295. The first-order valence-electron chi connectivity index (χ1n) is 4.21. The van der Waals surface area contributed by atoms with E-state index in [0.29, 0.717) is 24.5 Å². The van der Waals surface area contributed by atoms with Gasteiger partial charge in [0.15, 0.2) is 0 Å². The second kappa shape index (κ2) is 5.41. The van der Waals surface area contributed by atoms with Crippen molar-refractivity contribution in [3.05, 3.63) is 23.7 Å². The highest BCUT2D eigenvalue weighted by molar-refractivity contribution is 5.94. The number of ether oxygens (including phenoxy) is 1. The van der Waals surface area contributed by atoms with E-state index in [2.05, 4.69) is 5.48 Å². The maximum absolute atomic E-state index is 11.4. The van der Waals surface area contributed by atoms with Crippen molar-refractivity contribution >= 4 is 5.91 Å². The summed E-state index contributed by atoms with van der Waals surface area (Å²) in [6, 6.07) is 1.59. The summed E-state index contributed by atoms with van der Waals surface area (Å²) in [6.45, 7) is 2.47. The van der Waals surface area contributed by atoms with Crippen LogP contribution in [0.3, 0.4) is 0 Å². The first kappa shape index (κ1) is 10.7. The van der Waals surface area contributed by atoms with Crippen molar-refractivity contribution < 1.29 is 18.8 Å². The van der Waals surface area contributed by atoms with Crippen LogP contribution in [-0.2, 0) is 9.57 Å². The fourth-order valence-electron chi connectivity index (χ4n) is 0.917. The van der Waals surface area contributed by atoms with Crippen molar-refractivity contribution in [2.24, 2.45) is 0 Å². The number of nitrogens with one attached hydrogen (secondary N) is 1. The van der Waals surface area contributed by atoms with E-state index < -0.39 is 0 Å². The molecule has 1 aromatic heterocycles. The second-order valence-electron chi connectivity index (χ2n) is 2.66. The van der Waals surface area contributed by atoms with Gasteiger partial charge >= 0.3 is 0 Å². The van der Waals surface area contributed by atoms with Crippen LogP contribution in [-0.4, -0.2) is 26.2 Å². The summed E-state index contributed by atoms with van der Waals surface area (Å²) >= 11 is 0. The number of carbonyl (C=O) groups is 1. The molecule has 0 aliphatic rings. The fraction of sp³-hybridized carbons (Fsp3) is 0.444. The van der Waals surface area contributed by atoms with Crippen LogP contribution >= 0.6 is 0 Å². The summed E-state index contributed by atoms with van der Waals surface area (Å²) in [4.78, 5) is 16.2. The Hall–Kier alpha value is -1.33. The summed E-state index contributed by atoms with van der Waals surface area (Å²) in [6.07, 6.45) is 1.46. The molecule has 1 N–H and O–H groups in total. The number of hydroxylamine groups is 1. The molecule has 1 aromatic rings. The second-order valence-corrected chi connectivity index (χ2v) is 2.66. The van der Waals surface area contributed by atoms with Gasteiger partial charge in [-0.25, -0.2) is 5.48 Å². The van der Waals surface area contributed by atoms with E-state index in [0.717, 1.165) is 0 Å². The van der Waals surface area contributed by atoms with Gasteiger partial charge in [0.1, 0.15) is 5.76 Å². The first-order valence-corrected chi connectivity index (χ1v) is 4.21. The molecule has 0 radical (unpaired) electrons. The van der Waals surface area contributed by atoms with E-state index in [1.165, 1.54) is 6.26 Å². The molecule has 0 bridgehead atoms. The molecular formula is C9H13NO4. The van der Waals surface area contributed by atoms with Gasteiger partial charge in [-0.1, -0.05) is 0 Å². The summed E-state index contributed by atoms with van der Waals surface area (Å²) in [7, 11) is 1.56. The first-order chi connectivity index (χ1) is 6.75. The smallest absolute Gasteiger partial charge is 0.278 e. The average Bonchev–Trinajstić information content (AvgIpc) is 2.59. The topological polar surface area (TPSA) is 60.7 Å². The highest BCUT2D eigenvalue weighted by Crippen LogP contribution is 2.07. The zero-order chi connectivity index (χ0) is 10.4. The predicted molar refractivity (Wildman–Crippen MR) is 48.7 cm³/mol. The quantitative estimate of drug-likeness (QED) is 0.565. The number of carbonyl (C=O) groups excluding carboxylic acids is 1. The Labute approximate surface area is 81.9 Å². The monoisotopic (exact) mass is 199 g/mol. The molecule has 1 rings (SSSR count). The Morgan fingerprint density at radius 1 is 1.57 bits per heavy atom. The minimum atomic E-state index is -0.313. The van der Waals surface area contributed by atoms with Gasteiger partial charge in [0.2, 0.25) is 0 Å². The molecule has 14 heavy (non-hydrogen) atoms. The molecule has 5 nitrogen and oxygen atoms in total. The van der Waals surface area contributed by atoms with Gasteiger partial charge in [0.25, 0.3) is 5.91 Å². The third-order valence-electron chi connectivity index (χ3n) is 1.66. The number of rotatable bonds is 5. The number of aryl methyl sites for hydroxylation is 1. The molecular weight excluding hydrogens is 186 g/mol. The molecule has 78 valence electrons. The van der Waals surface area contributed by atoms with Crippen molar-refractivity contribution in [2.45, 2.75) is 6.92 Å². The molecule has 0 spiro atoms. The van der Waals surface area contributed by atoms with Crippen LogP contribution in [0.5, 0.6) is 0 Å². The summed E-state index contributed by atoms with van der Waals surface area (Å²) in [5.74, 6) is 0.255. The molecule has 1 amide bonds. The lowest BCUT2D eigenvalue weighted by Gasteiger charge is -2.03. The van der Waals surface area contributed by atoms with Gasteiger partial charge in [-0.3, -0.25) is 9.63 Å². The standard InChI is InChI=1S/C9H13NO4/c1-7-8(3-4-13-7)9(11)10-14-6-5-12-2/h3-4H,5-6H2,1-2H3,(H,10,11). The molecule has 0 saturated carbocycles. The SMILES string of the molecule is COCCONC(=O)c1ccoc1C. The van der Waals surface area contributed by atoms with Crippen molar-refractivity contribution in [3.63, 3.8) is 0 Å². The van der Waals surface area contributed by atoms with Crippen molar-refractivity contribution in [2.75, 3.05) is 20.3 Å². The molecule has 0 unspecified atom stereocenters. The molecule has 1 heterocycles. The highest BCUT2D eigenvalue weighted by atomic mass is 16.7. The molecule has 5 heteroatoms. The van der Waals surface area contributed by atoms with Crippen LogP contribution in [0, 0.1) is 6.92 Å². The maximum Gasteiger partial charge on any atom is 0.278 e. The zero-order valence-electron chi connectivity index (χ0n) is 8.20. The van der Waals surface area contributed by atoms with E-state index in [1.54, 1.807) is 20.1 Å². The molecule has 0 atom stereocenters. The van der Waals surface area contributed by atoms with Crippen molar-refractivity contribution in [3.8, 4) is 0 Å². The van der Waals surface area contributed by atoms with Gasteiger partial charge in [-0.15, -0.1) is 0 Å². The lowest BCUT2D eigenvalue weighted by atomic mass is 10.2. The number of methoxy groups -OCH3 is 1. The number of hydrogen-bond acceptors (Lipinski definition) is 4. The lowest BCUT2D eigenvalue weighted by molar-refractivity contribution is 0.00880. The maximum atomic E-state index is 11.4. The van der Waals surface area contributed by atoms with Crippen LogP contribution in [0.2, 0.25) is 0 Å². The van der Waals surface area contributed by atoms with E-state index in [9.17, 15) is 4.79 Å². The number of furan rings is 1. The van der Waals surface area contributed by atoms with Crippen LogP contribution < -0.4 is 5.48 Å². The average molecular weight is 199 g/mol. The minimum Gasteiger partial charge on any atom is -0.469 e. The van der Waals surface area contributed by atoms with Gasteiger partial charge in [-0.05, 0) is 13.0 Å². The fourth-order valence-corrected chi connectivity index (χ4v) is 0.917. The van der Waals surface area contributed by atoms with Gasteiger partial charge in [0, 0.05) is 7.11 Å². The Morgan fingerprint density at radius 3 is 2.93 bits per heavy atom. The van der Waals surface area contributed by atoms with Crippen LogP contribution in [0.1, 0.15) is 16.1 Å². The Morgan fingerprint density at radius 2 is 2.36 bits per heavy atom. The van der Waals surface area contributed by atoms with Crippen LogP contribution in [0.25, 0.3) is 0 Å². The summed E-state index contributed by atoms with van der Waals surface area (Å²) < 4.78 is 9.72. The molecule has 0 aromatic carbocycles. The third-order valence-corrected chi connectivity index (χ3v) is 1.66. The number of amides is 1. The largest absolute Gasteiger partial charge is 0.469 e. The summed E-state index contributed by atoms with van der Waals surface area (Å²) in [5, 5.41) is 0. The predicted octanol–water partition coefficient (Wildman–Crippen LogP) is 0.896. The third kappa shape index (κ3) is 2.86. The minimum absolute atomic E-state index is 0.313. The van der Waals surface area contributed by atoms with Crippen LogP contribution in [0.15, 0.2) is 16.7 Å². The zero-order valence-corrected chi connectivity index (χ0v) is 8.20. The molecule has 0 saturated heterocycles. The lowest BCUT2D eigenvalue weighted by Crippen LogP contribution is -2.25. The molecule has 0 aliphatic heterocycles. The van der Waals surface area contributed by atoms with Crippen LogP contribution in [0.4, 0.5) is 0 Å². The highest BCUT2D eigenvalue weighted by Gasteiger charge is 2.10. The normalized spacial score (nSPS) is 10.1. The van der Waals surface area contributed by atoms with E-state index in [-0.39, 0.29) is 5.91 Å². The van der Waals surface area contributed by atoms with Gasteiger partial charge in [-0.2, -0.15) is 0 Å². The summed E-state index contributed by atoms with van der Waals surface area (Å²) in [5.41, 5.74) is 2.76. The Kier molecular flexibility index (Phi) is 4.15. The van der Waals surface area contributed by atoms with Crippen molar-refractivity contribution in [1.82, 2.24) is 5.48 Å². The van der Waals surface area contributed by atoms with Crippen molar-refractivity contribution in [1.29, 1.82) is 0 Å². The van der Waals surface area contributed by atoms with Gasteiger partial charge < -0.3 is 9.15 Å². The molecule has 0 aliphatic carbocycles. The Balaban J connectivity index is 2.32.